The summed E-state index contributed by atoms with van der Waals surface area (Å²) in [5.74, 6) is 0.958. The van der Waals surface area contributed by atoms with E-state index in [0.29, 0.717) is 0 Å². The van der Waals surface area contributed by atoms with Crippen molar-refractivity contribution < 1.29 is 4.79 Å². The molecule has 0 aliphatic carbocycles. The van der Waals surface area contributed by atoms with Crippen LogP contribution in [-0.4, -0.2) is 18.2 Å². The lowest BCUT2D eigenvalue weighted by atomic mass is 10.2. The van der Waals surface area contributed by atoms with E-state index in [-0.39, 0.29) is 5.91 Å². The third-order valence-corrected chi connectivity index (χ3v) is 3.24. The maximum atomic E-state index is 10.6. The van der Waals surface area contributed by atoms with Crippen LogP contribution in [0.4, 0.5) is 0 Å². The SMILES string of the molecule is CC(=O)NCCSc1ccc(C)cc1C. The average molecular weight is 223 g/mol. The highest BCUT2D eigenvalue weighted by atomic mass is 32.2. The van der Waals surface area contributed by atoms with E-state index < -0.39 is 0 Å². The predicted octanol–water partition coefficient (Wildman–Crippen LogP) is 2.53. The molecule has 82 valence electrons. The van der Waals surface area contributed by atoms with Gasteiger partial charge in [-0.3, -0.25) is 4.79 Å². The van der Waals surface area contributed by atoms with Crippen LogP contribution in [-0.2, 0) is 4.79 Å². The van der Waals surface area contributed by atoms with E-state index in [0.717, 1.165) is 12.3 Å². The van der Waals surface area contributed by atoms with Crippen LogP contribution in [0.5, 0.6) is 0 Å². The van der Waals surface area contributed by atoms with Crippen molar-refractivity contribution in [2.24, 2.45) is 0 Å². The third-order valence-electron chi connectivity index (χ3n) is 2.06. The van der Waals surface area contributed by atoms with Crippen molar-refractivity contribution in [2.75, 3.05) is 12.3 Å². The molecule has 15 heavy (non-hydrogen) atoms. The number of hydrogen-bond acceptors (Lipinski definition) is 2. The van der Waals surface area contributed by atoms with E-state index >= 15 is 0 Å². The molecule has 0 saturated carbocycles. The van der Waals surface area contributed by atoms with Gasteiger partial charge in [0.2, 0.25) is 5.91 Å². The molecule has 1 aromatic rings. The molecule has 0 spiro atoms. The summed E-state index contributed by atoms with van der Waals surface area (Å²) >= 11 is 1.78. The fraction of sp³-hybridized carbons (Fsp3) is 0.417. The Kier molecular flexibility index (Phi) is 4.69. The quantitative estimate of drug-likeness (QED) is 0.628. The van der Waals surface area contributed by atoms with Gasteiger partial charge in [-0.25, -0.2) is 0 Å². The van der Waals surface area contributed by atoms with Crippen molar-refractivity contribution in [1.29, 1.82) is 0 Å². The molecule has 0 aliphatic heterocycles. The van der Waals surface area contributed by atoms with Crippen LogP contribution in [0.15, 0.2) is 23.1 Å². The van der Waals surface area contributed by atoms with Crippen molar-refractivity contribution in [1.82, 2.24) is 5.32 Å². The minimum atomic E-state index is 0.0382. The molecule has 2 nitrogen and oxygen atoms in total. The second-order valence-electron chi connectivity index (χ2n) is 3.60. The van der Waals surface area contributed by atoms with Crippen LogP contribution >= 0.6 is 11.8 Å². The number of carbonyl (C=O) groups excluding carboxylic acids is 1. The number of amides is 1. The molecule has 3 heteroatoms. The number of hydrogen-bond donors (Lipinski definition) is 1. The van der Waals surface area contributed by atoms with Crippen molar-refractivity contribution in [3.05, 3.63) is 29.3 Å². The molecule has 0 radical (unpaired) electrons. The number of carbonyl (C=O) groups is 1. The minimum Gasteiger partial charge on any atom is -0.356 e. The largest absolute Gasteiger partial charge is 0.356 e. The Hall–Kier alpha value is -0.960. The Morgan fingerprint density at radius 3 is 2.73 bits per heavy atom. The van der Waals surface area contributed by atoms with E-state index in [2.05, 4.69) is 37.4 Å². The van der Waals surface area contributed by atoms with Crippen LogP contribution in [0, 0.1) is 13.8 Å². The molecule has 0 unspecified atom stereocenters. The van der Waals surface area contributed by atoms with Crippen LogP contribution in [0.2, 0.25) is 0 Å². The summed E-state index contributed by atoms with van der Waals surface area (Å²) in [5, 5.41) is 2.79. The summed E-state index contributed by atoms with van der Waals surface area (Å²) in [6.07, 6.45) is 0. The summed E-state index contributed by atoms with van der Waals surface area (Å²) < 4.78 is 0. The summed E-state index contributed by atoms with van der Waals surface area (Å²) in [5.41, 5.74) is 2.60. The first-order valence-electron chi connectivity index (χ1n) is 5.04. The molecule has 1 amide bonds. The summed E-state index contributed by atoms with van der Waals surface area (Å²) in [6, 6.07) is 6.44. The van der Waals surface area contributed by atoms with Gasteiger partial charge in [0.15, 0.2) is 0 Å². The van der Waals surface area contributed by atoms with Gasteiger partial charge in [0.05, 0.1) is 0 Å². The Balaban J connectivity index is 2.40. The molecule has 0 fully saturated rings. The van der Waals surface area contributed by atoms with Gasteiger partial charge < -0.3 is 5.32 Å². The predicted molar refractivity (Wildman–Crippen MR) is 65.3 cm³/mol. The molecule has 0 saturated heterocycles. The van der Waals surface area contributed by atoms with Gasteiger partial charge in [0.1, 0.15) is 0 Å². The average Bonchev–Trinajstić information content (AvgIpc) is 2.14. The maximum Gasteiger partial charge on any atom is 0.216 e. The zero-order valence-electron chi connectivity index (χ0n) is 9.46. The van der Waals surface area contributed by atoms with E-state index in [1.807, 2.05) is 0 Å². The molecule has 0 bridgehead atoms. The first-order chi connectivity index (χ1) is 7.09. The number of aryl methyl sites for hydroxylation is 2. The van der Waals surface area contributed by atoms with Gasteiger partial charge in [-0.1, -0.05) is 17.7 Å². The second kappa shape index (κ2) is 5.81. The van der Waals surface area contributed by atoms with Crippen LogP contribution in [0.25, 0.3) is 0 Å². The summed E-state index contributed by atoms with van der Waals surface area (Å²) in [4.78, 5) is 11.9. The van der Waals surface area contributed by atoms with E-state index in [1.54, 1.807) is 18.7 Å². The zero-order valence-corrected chi connectivity index (χ0v) is 10.3. The molecule has 0 heterocycles. The van der Waals surface area contributed by atoms with E-state index in [9.17, 15) is 4.79 Å². The number of thioether (sulfide) groups is 1. The fourth-order valence-corrected chi connectivity index (χ4v) is 2.22. The van der Waals surface area contributed by atoms with Gasteiger partial charge in [0, 0.05) is 24.1 Å². The molecule has 0 aromatic heterocycles. The number of nitrogens with one attached hydrogen (secondary N) is 1. The molecule has 0 aliphatic rings. The van der Waals surface area contributed by atoms with Crippen molar-refractivity contribution >= 4 is 17.7 Å². The topological polar surface area (TPSA) is 29.1 Å². The number of rotatable bonds is 4. The van der Waals surface area contributed by atoms with Crippen LogP contribution in [0.3, 0.4) is 0 Å². The van der Waals surface area contributed by atoms with Gasteiger partial charge >= 0.3 is 0 Å². The van der Waals surface area contributed by atoms with E-state index in [1.165, 1.54) is 16.0 Å². The van der Waals surface area contributed by atoms with Gasteiger partial charge in [0.25, 0.3) is 0 Å². The summed E-state index contributed by atoms with van der Waals surface area (Å²) in [6.45, 7) is 6.49. The highest BCUT2D eigenvalue weighted by Gasteiger charge is 1.99. The highest BCUT2D eigenvalue weighted by molar-refractivity contribution is 7.99. The first kappa shape index (κ1) is 12.1. The maximum absolute atomic E-state index is 10.6. The standard InChI is InChI=1S/C12H17NOS/c1-9-4-5-12(10(2)8-9)15-7-6-13-11(3)14/h4-5,8H,6-7H2,1-3H3,(H,13,14). The zero-order chi connectivity index (χ0) is 11.3. The van der Waals surface area contributed by atoms with Crippen LogP contribution in [0.1, 0.15) is 18.1 Å². The van der Waals surface area contributed by atoms with Gasteiger partial charge in [-0.05, 0) is 25.5 Å². The molecule has 0 atom stereocenters. The lowest BCUT2D eigenvalue weighted by Gasteiger charge is -2.06. The van der Waals surface area contributed by atoms with Gasteiger partial charge in [-0.15, -0.1) is 11.8 Å². The van der Waals surface area contributed by atoms with Crippen molar-refractivity contribution in [3.63, 3.8) is 0 Å². The minimum absolute atomic E-state index is 0.0382. The third kappa shape index (κ3) is 4.38. The lowest BCUT2D eigenvalue weighted by molar-refractivity contribution is -0.118. The monoisotopic (exact) mass is 223 g/mol. The first-order valence-corrected chi connectivity index (χ1v) is 6.02. The smallest absolute Gasteiger partial charge is 0.216 e. The lowest BCUT2D eigenvalue weighted by Crippen LogP contribution is -2.22. The molecular formula is C12H17NOS. The van der Waals surface area contributed by atoms with Crippen molar-refractivity contribution in [3.8, 4) is 0 Å². The molecule has 1 N–H and O–H groups in total. The van der Waals surface area contributed by atoms with Crippen molar-refractivity contribution in [2.45, 2.75) is 25.7 Å². The molecule has 1 rings (SSSR count). The molecule has 1 aromatic carbocycles. The Bertz CT molecular complexity index is 349. The Morgan fingerprint density at radius 2 is 2.13 bits per heavy atom. The normalized spacial score (nSPS) is 10.1. The second-order valence-corrected chi connectivity index (χ2v) is 4.74. The summed E-state index contributed by atoms with van der Waals surface area (Å²) in [7, 11) is 0. The fourth-order valence-electron chi connectivity index (χ4n) is 1.35. The Labute approximate surface area is 95.5 Å². The Morgan fingerprint density at radius 1 is 1.40 bits per heavy atom. The number of benzene rings is 1. The van der Waals surface area contributed by atoms with Crippen LogP contribution < -0.4 is 5.32 Å². The molecular weight excluding hydrogens is 206 g/mol. The van der Waals surface area contributed by atoms with E-state index in [4.69, 9.17) is 0 Å². The van der Waals surface area contributed by atoms with Gasteiger partial charge in [-0.2, -0.15) is 0 Å². The highest BCUT2D eigenvalue weighted by Crippen LogP contribution is 2.22.